The van der Waals surface area contributed by atoms with Gasteiger partial charge >= 0.3 is 5.97 Å². The number of carbonyl (C=O) groups is 1. The van der Waals surface area contributed by atoms with E-state index in [2.05, 4.69) is 38.1 Å². The maximum Gasteiger partial charge on any atom is 0.343 e. The number of unbranched alkanes of at least 4 members (excludes halogenated alkanes) is 9. The van der Waals surface area contributed by atoms with Crippen molar-refractivity contribution in [2.24, 2.45) is 5.92 Å². The molecule has 0 atom stereocenters. The van der Waals surface area contributed by atoms with Gasteiger partial charge in [-0.25, -0.2) is 4.79 Å². The Morgan fingerprint density at radius 2 is 1.28 bits per heavy atom. The summed E-state index contributed by atoms with van der Waals surface area (Å²) in [6.45, 7) is 4.54. The number of hydrogen-bond acceptors (Lipinski definition) is 2. The van der Waals surface area contributed by atoms with Crippen molar-refractivity contribution in [3.63, 3.8) is 0 Å². The highest BCUT2D eigenvalue weighted by molar-refractivity contribution is 5.91. The predicted molar refractivity (Wildman–Crippen MR) is 153 cm³/mol. The van der Waals surface area contributed by atoms with Gasteiger partial charge in [0.25, 0.3) is 0 Å². The van der Waals surface area contributed by atoms with Crippen LogP contribution in [0.2, 0.25) is 0 Å². The zero-order valence-corrected chi connectivity index (χ0v) is 23.1. The molecule has 3 rings (SSSR count). The summed E-state index contributed by atoms with van der Waals surface area (Å²) >= 11 is 0. The second kappa shape index (κ2) is 16.6. The fourth-order valence-electron chi connectivity index (χ4n) is 5.71. The molecule has 36 heavy (non-hydrogen) atoms. The largest absolute Gasteiger partial charge is 0.423 e. The van der Waals surface area contributed by atoms with Crippen molar-refractivity contribution < 1.29 is 9.53 Å². The van der Waals surface area contributed by atoms with Crippen molar-refractivity contribution in [3.8, 4) is 5.75 Å². The third kappa shape index (κ3) is 10.1. The summed E-state index contributed by atoms with van der Waals surface area (Å²) < 4.78 is 5.67. The minimum Gasteiger partial charge on any atom is -0.423 e. The van der Waals surface area contributed by atoms with E-state index in [-0.39, 0.29) is 5.97 Å². The highest BCUT2D eigenvalue weighted by Gasteiger charge is 2.22. The number of rotatable bonds is 16. The lowest BCUT2D eigenvalue weighted by Gasteiger charge is -2.29. The summed E-state index contributed by atoms with van der Waals surface area (Å²) in [4.78, 5) is 12.6. The Morgan fingerprint density at radius 3 is 1.92 bits per heavy atom. The second-order valence-electron chi connectivity index (χ2n) is 11.1. The molecule has 2 aromatic rings. The van der Waals surface area contributed by atoms with Crippen LogP contribution in [0.15, 0.2) is 48.5 Å². The van der Waals surface area contributed by atoms with Crippen molar-refractivity contribution in [3.05, 3.63) is 65.2 Å². The van der Waals surface area contributed by atoms with Gasteiger partial charge in [-0.15, -0.1) is 0 Å². The molecule has 0 radical (unpaired) electrons. The monoisotopic (exact) mass is 490 g/mol. The lowest BCUT2D eigenvalue weighted by Crippen LogP contribution is -2.13. The molecule has 1 fully saturated rings. The van der Waals surface area contributed by atoms with Crippen LogP contribution >= 0.6 is 0 Å². The van der Waals surface area contributed by atoms with Crippen LogP contribution in [0.4, 0.5) is 0 Å². The minimum atomic E-state index is -0.270. The van der Waals surface area contributed by atoms with Crippen molar-refractivity contribution in [2.75, 3.05) is 0 Å². The van der Waals surface area contributed by atoms with Gasteiger partial charge in [0.1, 0.15) is 5.75 Å². The molecular weight excluding hydrogens is 440 g/mol. The van der Waals surface area contributed by atoms with Crippen molar-refractivity contribution >= 4 is 5.97 Å². The van der Waals surface area contributed by atoms with Gasteiger partial charge in [0.15, 0.2) is 0 Å². The van der Waals surface area contributed by atoms with Gasteiger partial charge in [-0.2, -0.15) is 0 Å². The average Bonchev–Trinajstić information content (AvgIpc) is 2.92. The smallest absolute Gasteiger partial charge is 0.343 e. The fourth-order valence-corrected chi connectivity index (χ4v) is 5.71. The summed E-state index contributed by atoms with van der Waals surface area (Å²) in [6, 6.07) is 16.3. The Kier molecular flexibility index (Phi) is 13.1. The molecule has 1 saturated carbocycles. The molecule has 0 spiro atoms. The first-order valence-electron chi connectivity index (χ1n) is 15.1. The van der Waals surface area contributed by atoms with E-state index in [9.17, 15) is 4.79 Å². The Balaban J connectivity index is 1.37. The molecule has 0 bridgehead atoms. The molecule has 1 aliphatic rings. The number of carbonyl (C=O) groups excluding carboxylic acids is 1. The van der Waals surface area contributed by atoms with Gasteiger partial charge in [0, 0.05) is 0 Å². The Morgan fingerprint density at radius 1 is 0.694 bits per heavy atom. The van der Waals surface area contributed by atoms with E-state index in [1.807, 2.05) is 24.3 Å². The van der Waals surface area contributed by atoms with Gasteiger partial charge in [-0.05, 0) is 85.8 Å². The third-order valence-corrected chi connectivity index (χ3v) is 8.13. The van der Waals surface area contributed by atoms with Crippen LogP contribution in [0.5, 0.6) is 5.75 Å². The molecule has 1 aliphatic carbocycles. The van der Waals surface area contributed by atoms with E-state index in [1.54, 1.807) is 0 Å². The Labute approximate surface area is 221 Å². The van der Waals surface area contributed by atoms with Crippen molar-refractivity contribution in [1.82, 2.24) is 0 Å². The molecule has 0 unspecified atom stereocenters. The average molecular weight is 491 g/mol. The normalized spacial score (nSPS) is 17.7. The van der Waals surface area contributed by atoms with Gasteiger partial charge in [0.2, 0.25) is 0 Å². The van der Waals surface area contributed by atoms with E-state index in [1.165, 1.54) is 114 Å². The summed E-state index contributed by atoms with van der Waals surface area (Å²) in [5.74, 6) is 1.96. The first-order valence-corrected chi connectivity index (χ1v) is 15.1. The number of esters is 1. The van der Waals surface area contributed by atoms with Crippen LogP contribution in [0, 0.1) is 5.92 Å². The number of benzene rings is 2. The minimum absolute atomic E-state index is 0.270. The zero-order chi connectivity index (χ0) is 25.4. The molecule has 2 aromatic carbocycles. The van der Waals surface area contributed by atoms with Gasteiger partial charge in [-0.3, -0.25) is 0 Å². The number of hydrogen-bond donors (Lipinski definition) is 0. The van der Waals surface area contributed by atoms with Gasteiger partial charge in [0.05, 0.1) is 5.56 Å². The molecule has 0 amide bonds. The third-order valence-electron chi connectivity index (χ3n) is 8.13. The van der Waals surface area contributed by atoms with E-state index in [0.29, 0.717) is 17.2 Å². The summed E-state index contributed by atoms with van der Waals surface area (Å²) in [5, 5.41) is 0. The molecule has 0 aliphatic heterocycles. The standard InChI is InChI=1S/C34H50O2/c1-3-5-7-9-11-13-15-29-18-22-32(23-19-29)34(35)36-33-26-24-31(25-27-33)30-20-16-28(17-21-30)14-12-10-8-6-4-2/h18-19,22-28,30H,3-17,20-21H2,1-2H3. The quantitative estimate of drug-likeness (QED) is 0.133. The fraction of sp³-hybridized carbons (Fsp3) is 0.618. The second-order valence-corrected chi connectivity index (χ2v) is 11.1. The lowest BCUT2D eigenvalue weighted by molar-refractivity contribution is 0.0734. The Bertz CT molecular complexity index is 844. The van der Waals surface area contributed by atoms with Crippen LogP contribution in [0.3, 0.4) is 0 Å². The molecule has 198 valence electrons. The summed E-state index contributed by atoms with van der Waals surface area (Å²) in [6.07, 6.45) is 22.6. The maximum absolute atomic E-state index is 12.6. The van der Waals surface area contributed by atoms with Crippen molar-refractivity contribution in [1.29, 1.82) is 0 Å². The highest BCUT2D eigenvalue weighted by atomic mass is 16.5. The SMILES string of the molecule is CCCCCCCCc1ccc(C(=O)Oc2ccc(C3CCC(CCCCCCC)CC3)cc2)cc1. The van der Waals surface area contributed by atoms with E-state index >= 15 is 0 Å². The number of aryl methyl sites for hydroxylation is 1. The van der Waals surface area contributed by atoms with Crippen molar-refractivity contribution in [2.45, 2.75) is 129 Å². The highest BCUT2D eigenvalue weighted by Crippen LogP contribution is 2.38. The van der Waals surface area contributed by atoms with Crippen LogP contribution < -0.4 is 4.74 Å². The first-order chi connectivity index (χ1) is 17.7. The molecule has 0 heterocycles. The van der Waals surface area contributed by atoms with Gasteiger partial charge in [-0.1, -0.05) is 109 Å². The molecule has 0 aromatic heterocycles. The summed E-state index contributed by atoms with van der Waals surface area (Å²) in [5.41, 5.74) is 3.33. The molecule has 0 N–H and O–H groups in total. The Hall–Kier alpha value is -2.09. The molecule has 2 heteroatoms. The predicted octanol–water partition coefficient (Wildman–Crippen LogP) is 10.4. The van der Waals surface area contributed by atoms with Crippen LogP contribution in [-0.4, -0.2) is 5.97 Å². The van der Waals surface area contributed by atoms with Gasteiger partial charge < -0.3 is 4.74 Å². The molecule has 0 saturated heterocycles. The number of ether oxygens (including phenoxy) is 1. The van der Waals surface area contributed by atoms with E-state index < -0.39 is 0 Å². The van der Waals surface area contributed by atoms with Crippen LogP contribution in [-0.2, 0) is 6.42 Å². The van der Waals surface area contributed by atoms with Crippen LogP contribution in [0.1, 0.15) is 144 Å². The first kappa shape index (κ1) is 28.5. The molecular formula is C34H50O2. The van der Waals surface area contributed by atoms with Crippen LogP contribution in [0.25, 0.3) is 0 Å². The molecule has 2 nitrogen and oxygen atoms in total. The summed E-state index contributed by atoms with van der Waals surface area (Å²) in [7, 11) is 0. The maximum atomic E-state index is 12.6. The van der Waals surface area contributed by atoms with E-state index in [0.717, 1.165) is 12.3 Å². The van der Waals surface area contributed by atoms with E-state index in [4.69, 9.17) is 4.74 Å². The zero-order valence-electron chi connectivity index (χ0n) is 23.1. The topological polar surface area (TPSA) is 26.3 Å². The lowest BCUT2D eigenvalue weighted by atomic mass is 9.77.